The maximum absolute atomic E-state index is 12.9. The van der Waals surface area contributed by atoms with Crippen LogP contribution in [-0.4, -0.2) is 53.7 Å². The molecule has 114 valence electrons. The quantitative estimate of drug-likeness (QED) is 0.732. The molecule has 4 aliphatic carbocycles. The highest BCUT2D eigenvalue weighted by Gasteiger charge is 2.54. The second kappa shape index (κ2) is 5.74. The minimum atomic E-state index is -0.0576. The highest BCUT2D eigenvalue weighted by Crippen LogP contribution is 2.60. The van der Waals surface area contributed by atoms with Gasteiger partial charge in [-0.3, -0.25) is 9.69 Å². The smallest absolute Gasteiger partial charge is 0.152 e. The van der Waals surface area contributed by atoms with Gasteiger partial charge in [-0.25, -0.2) is 0 Å². The number of hydrogen-bond acceptors (Lipinski definition) is 4. The fraction of sp³-hybridized carbons (Fsp3) is 0.938. The predicted molar refractivity (Wildman–Crippen MR) is 76.2 cm³/mol. The molecule has 0 unspecified atom stereocenters. The summed E-state index contributed by atoms with van der Waals surface area (Å²) in [6.45, 7) is 1.48. The third kappa shape index (κ3) is 2.66. The second-order valence-electron chi connectivity index (χ2n) is 7.34. The number of hydrogen-bond donors (Lipinski definition) is 2. The second-order valence-corrected chi connectivity index (χ2v) is 7.34. The maximum Gasteiger partial charge on any atom is 0.152 e. The number of aliphatic hydroxyl groups is 2. The molecule has 4 nitrogen and oxygen atoms in total. The molecule has 0 spiro atoms. The molecule has 4 bridgehead atoms. The topological polar surface area (TPSA) is 60.8 Å². The average Bonchev–Trinajstić information content (AvgIpc) is 2.37. The number of carbonyl (C=O) groups is 1. The van der Waals surface area contributed by atoms with E-state index in [0.717, 1.165) is 37.0 Å². The molecule has 0 aromatic carbocycles. The molecule has 0 heterocycles. The standard InChI is InChI=1S/C16H27NO3/c18-3-1-17(2-4-19)11-15(20)16-8-12-5-13(9-16)7-14(6-12)10-16/h12-14,18-19H,1-11H2. The van der Waals surface area contributed by atoms with Gasteiger partial charge >= 0.3 is 0 Å². The summed E-state index contributed by atoms with van der Waals surface area (Å²) in [5.41, 5.74) is -0.0576. The van der Waals surface area contributed by atoms with Gasteiger partial charge in [0.15, 0.2) is 5.78 Å². The van der Waals surface area contributed by atoms with Gasteiger partial charge in [0.2, 0.25) is 0 Å². The van der Waals surface area contributed by atoms with Crippen LogP contribution in [0.2, 0.25) is 0 Å². The van der Waals surface area contributed by atoms with Crippen molar-refractivity contribution < 1.29 is 15.0 Å². The highest BCUT2D eigenvalue weighted by atomic mass is 16.3. The van der Waals surface area contributed by atoms with E-state index in [1.54, 1.807) is 0 Å². The normalized spacial score (nSPS) is 38.6. The van der Waals surface area contributed by atoms with Gasteiger partial charge in [-0.05, 0) is 56.3 Å². The van der Waals surface area contributed by atoms with Gasteiger partial charge in [0.05, 0.1) is 19.8 Å². The minimum Gasteiger partial charge on any atom is -0.395 e. The van der Waals surface area contributed by atoms with Gasteiger partial charge < -0.3 is 10.2 Å². The van der Waals surface area contributed by atoms with Gasteiger partial charge in [0.1, 0.15) is 0 Å². The number of aliphatic hydroxyl groups excluding tert-OH is 2. The van der Waals surface area contributed by atoms with Gasteiger partial charge in [-0.1, -0.05) is 0 Å². The highest BCUT2D eigenvalue weighted by molar-refractivity contribution is 5.87. The first kappa shape index (κ1) is 14.5. The molecule has 0 atom stereocenters. The van der Waals surface area contributed by atoms with Crippen molar-refractivity contribution in [2.24, 2.45) is 23.2 Å². The van der Waals surface area contributed by atoms with Gasteiger partial charge in [0, 0.05) is 18.5 Å². The Hall–Kier alpha value is -0.450. The zero-order chi connectivity index (χ0) is 14.2. The summed E-state index contributed by atoms with van der Waals surface area (Å²) >= 11 is 0. The van der Waals surface area contributed by atoms with E-state index in [1.165, 1.54) is 19.3 Å². The summed E-state index contributed by atoms with van der Waals surface area (Å²) in [6.07, 6.45) is 7.36. The van der Waals surface area contributed by atoms with E-state index >= 15 is 0 Å². The monoisotopic (exact) mass is 281 g/mol. The molecule has 20 heavy (non-hydrogen) atoms. The Bertz CT molecular complexity index is 327. The third-order valence-corrected chi connectivity index (χ3v) is 5.83. The molecule has 4 heteroatoms. The van der Waals surface area contributed by atoms with E-state index < -0.39 is 0 Å². The Labute approximate surface area is 121 Å². The molecule has 0 aliphatic heterocycles. The van der Waals surface area contributed by atoms with Gasteiger partial charge in [-0.2, -0.15) is 0 Å². The SMILES string of the molecule is O=C(CN(CCO)CCO)C12CC3CC(CC(C3)C1)C2. The van der Waals surface area contributed by atoms with Crippen molar-refractivity contribution in [3.05, 3.63) is 0 Å². The molecule has 2 N–H and O–H groups in total. The van der Waals surface area contributed by atoms with Crippen LogP contribution in [0.25, 0.3) is 0 Å². The summed E-state index contributed by atoms with van der Waals surface area (Å²) in [5, 5.41) is 18.2. The Morgan fingerprint density at radius 2 is 1.40 bits per heavy atom. The van der Waals surface area contributed by atoms with E-state index in [9.17, 15) is 4.79 Å². The maximum atomic E-state index is 12.9. The zero-order valence-corrected chi connectivity index (χ0v) is 12.3. The molecule has 0 radical (unpaired) electrons. The molecule has 4 rings (SSSR count). The fourth-order valence-corrected chi connectivity index (χ4v) is 5.38. The minimum absolute atomic E-state index is 0.0498. The van der Waals surface area contributed by atoms with Crippen LogP contribution in [-0.2, 0) is 4.79 Å². The van der Waals surface area contributed by atoms with Crippen molar-refractivity contribution in [3.8, 4) is 0 Å². The molecule has 4 aliphatic rings. The van der Waals surface area contributed by atoms with E-state index in [4.69, 9.17) is 10.2 Å². The predicted octanol–water partition coefficient (Wildman–Crippen LogP) is 1.06. The van der Waals surface area contributed by atoms with Crippen LogP contribution in [0.1, 0.15) is 38.5 Å². The molecule has 0 aromatic rings. The first-order chi connectivity index (χ1) is 9.65. The van der Waals surface area contributed by atoms with Crippen molar-refractivity contribution in [1.82, 2.24) is 4.90 Å². The Kier molecular flexibility index (Phi) is 4.16. The number of ketones is 1. The first-order valence-electron chi connectivity index (χ1n) is 8.12. The Morgan fingerprint density at radius 1 is 0.950 bits per heavy atom. The largest absolute Gasteiger partial charge is 0.395 e. The summed E-state index contributed by atoms with van der Waals surface area (Å²) in [6, 6.07) is 0. The van der Waals surface area contributed by atoms with Crippen LogP contribution in [0, 0.1) is 23.2 Å². The molecular weight excluding hydrogens is 254 g/mol. The number of Topliss-reactive ketones (excluding diaryl/α,β-unsaturated/α-hetero) is 1. The number of nitrogens with zero attached hydrogens (tertiary/aromatic N) is 1. The first-order valence-corrected chi connectivity index (χ1v) is 8.12. The van der Waals surface area contributed by atoms with E-state index in [2.05, 4.69) is 0 Å². The van der Waals surface area contributed by atoms with Crippen LogP contribution in [0.3, 0.4) is 0 Å². The van der Waals surface area contributed by atoms with Crippen LogP contribution in [0.4, 0.5) is 0 Å². The summed E-state index contributed by atoms with van der Waals surface area (Å²) < 4.78 is 0. The fourth-order valence-electron chi connectivity index (χ4n) is 5.38. The van der Waals surface area contributed by atoms with Crippen LogP contribution in [0.5, 0.6) is 0 Å². The Balaban J connectivity index is 1.67. The summed E-state index contributed by atoms with van der Waals surface area (Å²) in [7, 11) is 0. The van der Waals surface area contributed by atoms with E-state index in [0.29, 0.717) is 25.4 Å². The lowest BCUT2D eigenvalue weighted by Crippen LogP contribution is -2.52. The molecule has 0 aromatic heterocycles. The molecule has 0 saturated heterocycles. The van der Waals surface area contributed by atoms with Crippen molar-refractivity contribution in [1.29, 1.82) is 0 Å². The van der Waals surface area contributed by atoms with Crippen molar-refractivity contribution in [2.75, 3.05) is 32.8 Å². The van der Waals surface area contributed by atoms with E-state index in [1.807, 2.05) is 4.90 Å². The van der Waals surface area contributed by atoms with Crippen LogP contribution >= 0.6 is 0 Å². The summed E-state index contributed by atoms with van der Waals surface area (Å²) in [5.74, 6) is 2.73. The Morgan fingerprint density at radius 3 is 1.80 bits per heavy atom. The number of carbonyl (C=O) groups excluding carboxylic acids is 1. The third-order valence-electron chi connectivity index (χ3n) is 5.83. The van der Waals surface area contributed by atoms with Gasteiger partial charge in [-0.15, -0.1) is 0 Å². The molecular formula is C16H27NO3. The molecule has 4 fully saturated rings. The van der Waals surface area contributed by atoms with Crippen molar-refractivity contribution in [3.63, 3.8) is 0 Å². The van der Waals surface area contributed by atoms with Crippen LogP contribution in [0.15, 0.2) is 0 Å². The molecule has 0 amide bonds. The lowest BCUT2D eigenvalue weighted by atomic mass is 9.48. The van der Waals surface area contributed by atoms with Gasteiger partial charge in [0.25, 0.3) is 0 Å². The van der Waals surface area contributed by atoms with Crippen molar-refractivity contribution >= 4 is 5.78 Å². The lowest BCUT2D eigenvalue weighted by molar-refractivity contribution is -0.145. The number of rotatable bonds is 7. The van der Waals surface area contributed by atoms with Crippen LogP contribution < -0.4 is 0 Å². The van der Waals surface area contributed by atoms with Crippen molar-refractivity contribution in [2.45, 2.75) is 38.5 Å². The lowest BCUT2D eigenvalue weighted by Gasteiger charge is -2.56. The summed E-state index contributed by atoms with van der Waals surface area (Å²) in [4.78, 5) is 14.8. The molecule has 4 saturated carbocycles. The average molecular weight is 281 g/mol. The van der Waals surface area contributed by atoms with E-state index in [-0.39, 0.29) is 18.6 Å². The zero-order valence-electron chi connectivity index (χ0n) is 12.3.